The van der Waals surface area contributed by atoms with E-state index in [1.807, 2.05) is 66.7 Å². The van der Waals surface area contributed by atoms with E-state index in [1.165, 1.54) is 10.9 Å². The molecule has 5 aromatic rings. The fraction of sp³-hybridized carbons (Fsp3) is 0. The molecule has 0 unspecified atom stereocenters. The second-order valence-corrected chi connectivity index (χ2v) is 6.87. The van der Waals surface area contributed by atoms with Crippen molar-refractivity contribution in [1.29, 1.82) is 0 Å². The van der Waals surface area contributed by atoms with Crippen molar-refractivity contribution in [2.45, 2.75) is 0 Å². The molecule has 4 heteroatoms. The number of hydrogen-bond donors (Lipinski definition) is 0. The number of hydrogen-bond acceptors (Lipinski definition) is 2. The average molecular weight is 455 g/mol. The average Bonchev–Trinajstić information content (AvgIpc) is 2.87. The van der Waals surface area contributed by atoms with Crippen molar-refractivity contribution in [3.05, 3.63) is 134 Å². The minimum absolute atomic E-state index is 0. The normalized spacial score (nSPS) is 9.62. The Bertz CT molecular complexity index is 1090. The van der Waals surface area contributed by atoms with Crippen LogP contribution in [-0.2, 0) is 16.5 Å². The molecule has 2 nitrogen and oxygen atoms in total. The second kappa shape index (κ2) is 12.4. The van der Waals surface area contributed by atoms with Crippen LogP contribution in [0, 0.1) is 6.07 Å². The molecule has 0 aliphatic carbocycles. The molecule has 0 aliphatic rings. The summed E-state index contributed by atoms with van der Waals surface area (Å²) in [5.74, 6) is 0. The summed E-state index contributed by atoms with van der Waals surface area (Å²) in [6, 6.07) is 41.8. The van der Waals surface area contributed by atoms with Gasteiger partial charge in [0.05, 0.1) is 0 Å². The molecule has 2 aromatic heterocycles. The summed E-state index contributed by atoms with van der Waals surface area (Å²) in [4.78, 5) is 8.66. The molecule has 0 amide bonds. The van der Waals surface area contributed by atoms with E-state index in [2.05, 4.69) is 71.8 Å². The predicted molar refractivity (Wildman–Crippen MR) is 130 cm³/mol. The van der Waals surface area contributed by atoms with Crippen molar-refractivity contribution in [3.8, 4) is 22.5 Å². The Morgan fingerprint density at radius 2 is 0.906 bits per heavy atom. The van der Waals surface area contributed by atoms with Crippen LogP contribution in [0.2, 0.25) is 0 Å². The zero-order valence-electron chi connectivity index (χ0n) is 17.4. The zero-order chi connectivity index (χ0) is 21.1. The van der Waals surface area contributed by atoms with Crippen LogP contribution in [0.4, 0.5) is 0 Å². The fourth-order valence-corrected chi connectivity index (χ4v) is 3.10. The Balaban J connectivity index is 0.000000184. The summed E-state index contributed by atoms with van der Waals surface area (Å²) >= 11 is 0. The first-order chi connectivity index (χ1) is 15.4. The van der Waals surface area contributed by atoms with Gasteiger partial charge in [-0.15, -0.1) is 24.3 Å². The Kier molecular flexibility index (Phi) is 8.98. The van der Waals surface area contributed by atoms with E-state index in [0.717, 1.165) is 22.5 Å². The third-order valence-electron chi connectivity index (χ3n) is 4.61. The summed E-state index contributed by atoms with van der Waals surface area (Å²) in [5.41, 5.74) is 6.31. The molecule has 0 saturated carbocycles. The van der Waals surface area contributed by atoms with Crippen LogP contribution in [0.5, 0.6) is 0 Å². The molecule has 3 aromatic carbocycles. The number of nitrogens with zero attached hydrogens (tertiary/aromatic N) is 2. The molecule has 0 atom stereocenters. The Morgan fingerprint density at radius 3 is 1.31 bits per heavy atom. The monoisotopic (exact) mass is 454 g/mol. The minimum atomic E-state index is 0. The van der Waals surface area contributed by atoms with Crippen molar-refractivity contribution < 1.29 is 16.5 Å². The van der Waals surface area contributed by atoms with Gasteiger partial charge in [-0.1, -0.05) is 107 Å². The summed E-state index contributed by atoms with van der Waals surface area (Å²) in [6.07, 6.45) is 3.58. The van der Waals surface area contributed by atoms with Crippen molar-refractivity contribution in [2.24, 2.45) is 0 Å². The molecule has 0 saturated heterocycles. The minimum Gasteiger partial charge on any atom is -0.295 e. The largest absolute Gasteiger partial charge is 0.295 e. The molecule has 157 valence electrons. The van der Waals surface area contributed by atoms with Gasteiger partial charge in [0.2, 0.25) is 0 Å². The summed E-state index contributed by atoms with van der Waals surface area (Å²) in [7, 11) is 2.17. The number of benzene rings is 3. The Hall–Kier alpha value is -3.48. The van der Waals surface area contributed by atoms with E-state index in [1.54, 1.807) is 12.4 Å². The van der Waals surface area contributed by atoms with Gasteiger partial charge >= 0.3 is 0 Å². The van der Waals surface area contributed by atoms with Crippen LogP contribution >= 0.6 is 0 Å². The van der Waals surface area contributed by atoms with Crippen LogP contribution in [0.25, 0.3) is 22.5 Å². The van der Waals surface area contributed by atoms with Gasteiger partial charge < -0.3 is 0 Å². The topological polar surface area (TPSA) is 25.8 Å². The van der Waals surface area contributed by atoms with Crippen LogP contribution in [-0.4, -0.2) is 17.2 Å². The predicted octanol–water partition coefficient (Wildman–Crippen LogP) is 4.95. The standard InChI is InChI=1S/C16H11N2.C12H10B.Ni/c1-3-10-17-15(8-1)13-6-5-7-14(12-13)16-9-2-4-11-18-16;1-3-7-11(8-4-1)13-12-9-5-2-6-10-12;/h1-11H;1-10H;/q-1;;. The molecule has 0 bridgehead atoms. The molecule has 0 spiro atoms. The molecule has 5 rings (SSSR count). The zero-order valence-corrected chi connectivity index (χ0v) is 18.4. The van der Waals surface area contributed by atoms with E-state index in [-0.39, 0.29) is 16.5 Å². The van der Waals surface area contributed by atoms with E-state index in [4.69, 9.17) is 0 Å². The maximum Gasteiger partial charge on any atom is 0.191 e. The Morgan fingerprint density at radius 1 is 0.469 bits per heavy atom. The van der Waals surface area contributed by atoms with Crippen molar-refractivity contribution >= 4 is 18.2 Å². The molecule has 0 N–H and O–H groups in total. The van der Waals surface area contributed by atoms with Crippen LogP contribution in [0.3, 0.4) is 0 Å². The Labute approximate surface area is 200 Å². The van der Waals surface area contributed by atoms with Crippen molar-refractivity contribution in [2.75, 3.05) is 0 Å². The van der Waals surface area contributed by atoms with Gasteiger partial charge in [-0.05, 0) is 12.1 Å². The third-order valence-corrected chi connectivity index (χ3v) is 4.61. The van der Waals surface area contributed by atoms with Crippen molar-refractivity contribution in [1.82, 2.24) is 9.97 Å². The van der Waals surface area contributed by atoms with Gasteiger partial charge in [0.15, 0.2) is 7.28 Å². The van der Waals surface area contributed by atoms with E-state index < -0.39 is 0 Å². The van der Waals surface area contributed by atoms with Crippen LogP contribution < -0.4 is 10.9 Å². The third kappa shape index (κ3) is 6.77. The van der Waals surface area contributed by atoms with Gasteiger partial charge in [0.1, 0.15) is 0 Å². The number of pyridine rings is 2. The fourth-order valence-electron chi connectivity index (χ4n) is 3.10. The number of aromatic nitrogens is 2. The molecule has 32 heavy (non-hydrogen) atoms. The molecule has 2 heterocycles. The summed E-state index contributed by atoms with van der Waals surface area (Å²) in [5, 5.41) is 0. The molecular weight excluding hydrogens is 434 g/mol. The second-order valence-electron chi connectivity index (χ2n) is 6.87. The first-order valence-corrected chi connectivity index (χ1v) is 10.2. The molecular formula is C28H21BN2Ni-. The van der Waals surface area contributed by atoms with Gasteiger partial charge in [-0.2, -0.15) is 0 Å². The van der Waals surface area contributed by atoms with Gasteiger partial charge in [-0.3, -0.25) is 9.97 Å². The maximum atomic E-state index is 4.33. The smallest absolute Gasteiger partial charge is 0.191 e. The first-order valence-electron chi connectivity index (χ1n) is 10.2. The van der Waals surface area contributed by atoms with E-state index >= 15 is 0 Å². The first kappa shape index (κ1) is 23.2. The van der Waals surface area contributed by atoms with Gasteiger partial charge in [0, 0.05) is 40.3 Å². The van der Waals surface area contributed by atoms with Crippen LogP contribution in [0.1, 0.15) is 0 Å². The van der Waals surface area contributed by atoms with Crippen molar-refractivity contribution in [3.63, 3.8) is 0 Å². The molecule has 0 aliphatic heterocycles. The van der Waals surface area contributed by atoms with Gasteiger partial charge in [0.25, 0.3) is 0 Å². The molecule has 1 radical (unpaired) electrons. The quantitative estimate of drug-likeness (QED) is 0.283. The van der Waals surface area contributed by atoms with E-state index in [0.29, 0.717) is 0 Å². The summed E-state index contributed by atoms with van der Waals surface area (Å²) in [6.45, 7) is 0. The SMILES string of the molecule is [B](c1ccccc1)c1ccccc1.[Ni].[c-]1c(-c2ccccn2)cccc1-c1ccccn1. The van der Waals surface area contributed by atoms with E-state index in [9.17, 15) is 0 Å². The summed E-state index contributed by atoms with van der Waals surface area (Å²) < 4.78 is 0. The van der Waals surface area contributed by atoms with Gasteiger partial charge in [-0.25, -0.2) is 0 Å². The number of rotatable bonds is 4. The molecule has 0 fully saturated rings. The maximum absolute atomic E-state index is 4.33. The van der Waals surface area contributed by atoms with Crippen LogP contribution in [0.15, 0.2) is 128 Å².